The Morgan fingerprint density at radius 2 is 1.92 bits per heavy atom. The molecule has 6 nitrogen and oxygen atoms in total. The van der Waals surface area contributed by atoms with Crippen molar-refractivity contribution in [3.8, 4) is 0 Å². The van der Waals surface area contributed by atoms with Gasteiger partial charge in [0.25, 0.3) is 5.91 Å². The minimum absolute atomic E-state index is 0.133. The zero-order valence-electron chi connectivity index (χ0n) is 13.7. The van der Waals surface area contributed by atoms with Gasteiger partial charge < -0.3 is 4.90 Å². The molecule has 1 aromatic carbocycles. The number of amides is 1. The van der Waals surface area contributed by atoms with Gasteiger partial charge in [-0.15, -0.1) is 5.10 Å². The summed E-state index contributed by atoms with van der Waals surface area (Å²) < 4.78 is 39.8. The third-order valence-electron chi connectivity index (χ3n) is 4.25. The number of rotatable bonds is 3. The molecule has 0 atom stereocenters. The van der Waals surface area contributed by atoms with Gasteiger partial charge in [-0.1, -0.05) is 23.4 Å². The van der Waals surface area contributed by atoms with Gasteiger partial charge in [0.1, 0.15) is 5.69 Å². The molecule has 1 aromatic heterocycles. The molecule has 2 aromatic rings. The number of benzene rings is 1. The highest BCUT2D eigenvalue weighted by molar-refractivity contribution is 5.92. The largest absolute Gasteiger partial charge is 0.416 e. The summed E-state index contributed by atoms with van der Waals surface area (Å²) in [6.45, 7) is 2.67. The van der Waals surface area contributed by atoms with E-state index in [1.807, 2.05) is 4.90 Å². The fourth-order valence-corrected chi connectivity index (χ4v) is 2.86. The number of alkyl halides is 3. The molecule has 2 heterocycles. The molecule has 1 saturated heterocycles. The summed E-state index contributed by atoms with van der Waals surface area (Å²) in [5, 5.41) is 7.45. The molecule has 1 fully saturated rings. The summed E-state index contributed by atoms with van der Waals surface area (Å²) in [6, 6.07) is 5.36. The van der Waals surface area contributed by atoms with Gasteiger partial charge in [-0.3, -0.25) is 9.69 Å². The maximum absolute atomic E-state index is 12.8. The van der Waals surface area contributed by atoms with Crippen LogP contribution in [0.25, 0.3) is 0 Å². The molecule has 0 N–H and O–H groups in total. The predicted molar refractivity (Wildman–Crippen MR) is 83.6 cm³/mol. The minimum atomic E-state index is -4.34. The molecule has 9 heteroatoms. The standard InChI is InChI=1S/C16H18F3N5O/c1-22-14(10-20-21-22)15(25)24-7-5-23(6-8-24)11-12-3-2-4-13(9-12)16(17,18)19/h2-4,9-10H,5-8,11H2,1H3. The first-order valence-corrected chi connectivity index (χ1v) is 7.87. The highest BCUT2D eigenvalue weighted by atomic mass is 19.4. The van der Waals surface area contributed by atoms with E-state index in [1.165, 1.54) is 23.0 Å². The summed E-state index contributed by atoms with van der Waals surface area (Å²) in [5.41, 5.74) is 0.402. The fourth-order valence-electron chi connectivity index (χ4n) is 2.86. The van der Waals surface area contributed by atoms with Crippen LogP contribution in [0.4, 0.5) is 13.2 Å². The van der Waals surface area contributed by atoms with E-state index in [0.29, 0.717) is 44.0 Å². The molecular weight excluding hydrogens is 335 g/mol. The second kappa shape index (κ2) is 6.83. The van der Waals surface area contributed by atoms with Crippen LogP contribution in [0.5, 0.6) is 0 Å². The third kappa shape index (κ3) is 3.98. The smallest absolute Gasteiger partial charge is 0.335 e. The van der Waals surface area contributed by atoms with Crippen LogP contribution in [0.2, 0.25) is 0 Å². The number of carbonyl (C=O) groups is 1. The summed E-state index contributed by atoms with van der Waals surface area (Å²) in [7, 11) is 1.66. The van der Waals surface area contributed by atoms with Gasteiger partial charge in [-0.05, 0) is 11.6 Å². The second-order valence-corrected chi connectivity index (χ2v) is 6.01. The first kappa shape index (κ1) is 17.4. The van der Waals surface area contributed by atoms with Crippen LogP contribution >= 0.6 is 0 Å². The lowest BCUT2D eigenvalue weighted by Gasteiger charge is -2.34. The number of aryl methyl sites for hydroxylation is 1. The highest BCUT2D eigenvalue weighted by Crippen LogP contribution is 2.29. The van der Waals surface area contributed by atoms with Crippen LogP contribution in [0, 0.1) is 0 Å². The Hall–Kier alpha value is -2.42. The first-order chi connectivity index (χ1) is 11.8. The van der Waals surface area contributed by atoms with Crippen molar-refractivity contribution in [3.05, 3.63) is 47.3 Å². The zero-order valence-corrected chi connectivity index (χ0v) is 13.7. The van der Waals surface area contributed by atoms with Crippen molar-refractivity contribution in [2.24, 2.45) is 7.05 Å². The Bertz CT molecular complexity index is 750. The van der Waals surface area contributed by atoms with Crippen molar-refractivity contribution < 1.29 is 18.0 Å². The Labute approximate surface area is 142 Å². The van der Waals surface area contributed by atoms with Gasteiger partial charge in [0.05, 0.1) is 11.8 Å². The van der Waals surface area contributed by atoms with Crippen LogP contribution < -0.4 is 0 Å². The van der Waals surface area contributed by atoms with Gasteiger partial charge in [0, 0.05) is 39.8 Å². The van der Waals surface area contributed by atoms with Crippen molar-refractivity contribution >= 4 is 5.91 Å². The molecule has 3 rings (SSSR count). The Kier molecular flexibility index (Phi) is 4.76. The lowest BCUT2D eigenvalue weighted by molar-refractivity contribution is -0.137. The molecule has 1 amide bonds. The zero-order chi connectivity index (χ0) is 18.0. The molecule has 1 aliphatic heterocycles. The number of piperazine rings is 1. The lowest BCUT2D eigenvalue weighted by atomic mass is 10.1. The van der Waals surface area contributed by atoms with E-state index in [0.717, 1.165) is 6.07 Å². The molecule has 0 bridgehead atoms. The van der Waals surface area contributed by atoms with E-state index in [-0.39, 0.29) is 5.91 Å². The van der Waals surface area contributed by atoms with E-state index >= 15 is 0 Å². The molecule has 0 saturated carbocycles. The summed E-state index contributed by atoms with van der Waals surface area (Å²) in [6.07, 6.45) is -2.91. The van der Waals surface area contributed by atoms with Crippen molar-refractivity contribution in [2.75, 3.05) is 26.2 Å². The van der Waals surface area contributed by atoms with Gasteiger partial charge in [0.15, 0.2) is 0 Å². The summed E-state index contributed by atoms with van der Waals surface area (Å²) >= 11 is 0. The monoisotopic (exact) mass is 353 g/mol. The molecule has 0 radical (unpaired) electrons. The average molecular weight is 353 g/mol. The van der Waals surface area contributed by atoms with E-state index in [9.17, 15) is 18.0 Å². The number of aromatic nitrogens is 3. The number of hydrogen-bond acceptors (Lipinski definition) is 4. The molecule has 25 heavy (non-hydrogen) atoms. The molecular formula is C16H18F3N5O. The van der Waals surface area contributed by atoms with Gasteiger partial charge in [0.2, 0.25) is 0 Å². The summed E-state index contributed by atoms with van der Waals surface area (Å²) in [5.74, 6) is -0.133. The lowest BCUT2D eigenvalue weighted by Crippen LogP contribution is -2.48. The Morgan fingerprint density at radius 1 is 1.20 bits per heavy atom. The molecule has 1 aliphatic rings. The molecule has 0 unspecified atom stereocenters. The first-order valence-electron chi connectivity index (χ1n) is 7.87. The Morgan fingerprint density at radius 3 is 2.52 bits per heavy atom. The molecule has 0 aliphatic carbocycles. The van der Waals surface area contributed by atoms with Gasteiger partial charge in [-0.25, -0.2) is 4.68 Å². The minimum Gasteiger partial charge on any atom is -0.335 e. The van der Waals surface area contributed by atoms with Crippen molar-refractivity contribution in [1.82, 2.24) is 24.8 Å². The summed E-state index contributed by atoms with van der Waals surface area (Å²) in [4.78, 5) is 16.1. The van der Waals surface area contributed by atoms with Crippen LogP contribution in [-0.2, 0) is 19.8 Å². The van der Waals surface area contributed by atoms with E-state index in [1.54, 1.807) is 18.0 Å². The Balaban J connectivity index is 1.58. The topological polar surface area (TPSA) is 54.3 Å². The number of carbonyl (C=O) groups excluding carboxylic acids is 1. The van der Waals surface area contributed by atoms with Crippen molar-refractivity contribution in [3.63, 3.8) is 0 Å². The van der Waals surface area contributed by atoms with Crippen LogP contribution in [0.15, 0.2) is 30.5 Å². The molecule has 0 spiro atoms. The SMILES string of the molecule is Cn1nncc1C(=O)N1CCN(Cc2cccc(C(F)(F)F)c2)CC1. The highest BCUT2D eigenvalue weighted by Gasteiger charge is 2.30. The van der Waals surface area contributed by atoms with Crippen molar-refractivity contribution in [1.29, 1.82) is 0 Å². The third-order valence-corrected chi connectivity index (χ3v) is 4.25. The van der Waals surface area contributed by atoms with Crippen LogP contribution in [0.1, 0.15) is 21.6 Å². The fraction of sp³-hybridized carbons (Fsp3) is 0.438. The molecule has 134 valence electrons. The van der Waals surface area contributed by atoms with E-state index in [2.05, 4.69) is 10.3 Å². The number of nitrogens with zero attached hydrogens (tertiary/aromatic N) is 5. The van der Waals surface area contributed by atoms with Crippen molar-refractivity contribution in [2.45, 2.75) is 12.7 Å². The average Bonchev–Trinajstić information content (AvgIpc) is 3.00. The normalized spacial score (nSPS) is 16.2. The van der Waals surface area contributed by atoms with E-state index in [4.69, 9.17) is 0 Å². The van der Waals surface area contributed by atoms with Crippen LogP contribution in [0.3, 0.4) is 0 Å². The van der Waals surface area contributed by atoms with Gasteiger partial charge in [-0.2, -0.15) is 13.2 Å². The number of halogens is 3. The quantitative estimate of drug-likeness (QED) is 0.844. The maximum Gasteiger partial charge on any atom is 0.416 e. The van der Waals surface area contributed by atoms with Gasteiger partial charge >= 0.3 is 6.18 Å². The number of hydrogen-bond donors (Lipinski definition) is 0. The second-order valence-electron chi connectivity index (χ2n) is 6.01. The predicted octanol–water partition coefficient (Wildman–Crippen LogP) is 1.79. The van der Waals surface area contributed by atoms with E-state index < -0.39 is 11.7 Å². The van der Waals surface area contributed by atoms with Crippen LogP contribution in [-0.4, -0.2) is 56.9 Å². The maximum atomic E-state index is 12.8.